The van der Waals surface area contributed by atoms with Gasteiger partial charge in [-0.3, -0.25) is 9.36 Å². The molecule has 0 saturated carbocycles. The third-order valence-electron chi connectivity index (χ3n) is 4.96. The van der Waals surface area contributed by atoms with Gasteiger partial charge < -0.3 is 9.64 Å². The number of anilines is 1. The summed E-state index contributed by atoms with van der Waals surface area (Å²) in [6.07, 6.45) is 0. The largest absolute Gasteiger partial charge is 0.378 e. The lowest BCUT2D eigenvalue weighted by Crippen LogP contribution is -2.37. The van der Waals surface area contributed by atoms with E-state index in [1.807, 2.05) is 48.7 Å². The number of Topliss-reactive ketones (excluding diaryl/α,β-unsaturated/α-hetero) is 1. The first-order valence-corrected chi connectivity index (χ1v) is 10.7. The summed E-state index contributed by atoms with van der Waals surface area (Å²) in [5, 5.41) is 8.90. The molecule has 30 heavy (non-hydrogen) atoms. The fourth-order valence-electron chi connectivity index (χ4n) is 3.31. The van der Waals surface area contributed by atoms with Gasteiger partial charge in [-0.05, 0) is 32.0 Å². The number of hydrogen-bond acceptors (Lipinski definition) is 6. The standard InChI is InChI=1S/C22H23FN4O2S/c1-15-6-8-17(9-7-15)20(28)16(2)30-22-25-24-21(26-10-12-29-13-11-26)27(22)19-5-3-4-18(23)14-19/h3-9,14,16H,10-13H2,1-2H3. The smallest absolute Gasteiger partial charge is 0.232 e. The Kier molecular flexibility index (Phi) is 6.15. The molecule has 0 amide bonds. The quantitative estimate of drug-likeness (QED) is 0.440. The van der Waals surface area contributed by atoms with Crippen molar-refractivity contribution < 1.29 is 13.9 Å². The third kappa shape index (κ3) is 4.39. The van der Waals surface area contributed by atoms with E-state index >= 15 is 0 Å². The Hall–Kier alpha value is -2.71. The summed E-state index contributed by atoms with van der Waals surface area (Å²) in [4.78, 5) is 15.0. The Morgan fingerprint density at radius 1 is 1.13 bits per heavy atom. The molecule has 1 aliphatic heterocycles. The minimum absolute atomic E-state index is 0.0155. The van der Waals surface area contributed by atoms with Crippen LogP contribution < -0.4 is 4.90 Å². The number of hydrogen-bond donors (Lipinski definition) is 0. The average Bonchev–Trinajstić information content (AvgIpc) is 3.18. The molecule has 6 nitrogen and oxygen atoms in total. The molecule has 156 valence electrons. The van der Waals surface area contributed by atoms with Crippen LogP contribution >= 0.6 is 11.8 Å². The van der Waals surface area contributed by atoms with Gasteiger partial charge in [-0.25, -0.2) is 4.39 Å². The van der Waals surface area contributed by atoms with Crippen molar-refractivity contribution in [3.8, 4) is 5.69 Å². The van der Waals surface area contributed by atoms with Crippen molar-refractivity contribution in [2.24, 2.45) is 0 Å². The first-order valence-electron chi connectivity index (χ1n) is 9.84. The summed E-state index contributed by atoms with van der Waals surface area (Å²) in [5.41, 5.74) is 2.39. The lowest BCUT2D eigenvalue weighted by Gasteiger charge is -2.28. The van der Waals surface area contributed by atoms with Crippen LogP contribution in [0.5, 0.6) is 0 Å². The monoisotopic (exact) mass is 426 g/mol. The second-order valence-electron chi connectivity index (χ2n) is 7.19. The van der Waals surface area contributed by atoms with Crippen LogP contribution in [0.15, 0.2) is 53.7 Å². The highest BCUT2D eigenvalue weighted by Gasteiger charge is 2.25. The lowest BCUT2D eigenvalue weighted by atomic mass is 10.1. The minimum Gasteiger partial charge on any atom is -0.378 e. The van der Waals surface area contributed by atoms with Crippen LogP contribution in [0.25, 0.3) is 5.69 Å². The van der Waals surface area contributed by atoms with Crippen LogP contribution in [0, 0.1) is 12.7 Å². The normalized spacial score (nSPS) is 15.2. The molecule has 2 aromatic carbocycles. The summed E-state index contributed by atoms with van der Waals surface area (Å²) in [6.45, 7) is 6.39. The Morgan fingerprint density at radius 2 is 1.87 bits per heavy atom. The molecule has 1 saturated heterocycles. The maximum atomic E-state index is 14.0. The van der Waals surface area contributed by atoms with Crippen LogP contribution in [0.3, 0.4) is 0 Å². The summed E-state index contributed by atoms with van der Waals surface area (Å²) < 4.78 is 21.2. The number of nitrogens with zero attached hydrogens (tertiary/aromatic N) is 4. The van der Waals surface area contributed by atoms with E-state index in [1.54, 1.807) is 6.07 Å². The maximum Gasteiger partial charge on any atom is 0.232 e. The minimum atomic E-state index is -0.373. The van der Waals surface area contributed by atoms with E-state index in [9.17, 15) is 9.18 Å². The van der Waals surface area contributed by atoms with E-state index in [2.05, 4.69) is 15.1 Å². The number of carbonyl (C=O) groups excluding carboxylic acids is 1. The number of thioether (sulfide) groups is 1. The van der Waals surface area contributed by atoms with Crippen LogP contribution in [0.4, 0.5) is 10.3 Å². The molecule has 0 N–H and O–H groups in total. The topological polar surface area (TPSA) is 60.3 Å². The van der Waals surface area contributed by atoms with Gasteiger partial charge in [-0.15, -0.1) is 10.2 Å². The first-order chi connectivity index (χ1) is 14.5. The summed E-state index contributed by atoms with van der Waals surface area (Å²) in [5.74, 6) is 0.303. The number of ether oxygens (including phenoxy) is 1. The van der Waals surface area contributed by atoms with Crippen molar-refractivity contribution >= 4 is 23.5 Å². The fraction of sp³-hybridized carbons (Fsp3) is 0.318. The molecular formula is C22H23FN4O2S. The number of aromatic nitrogens is 3. The SMILES string of the molecule is Cc1ccc(C(=O)C(C)Sc2nnc(N3CCOCC3)n2-c2cccc(F)c2)cc1. The van der Waals surface area contributed by atoms with Gasteiger partial charge in [0.1, 0.15) is 5.82 Å². The van der Waals surface area contributed by atoms with Gasteiger partial charge in [0.05, 0.1) is 24.2 Å². The molecule has 1 atom stereocenters. The molecule has 0 spiro atoms. The lowest BCUT2D eigenvalue weighted by molar-refractivity contribution is 0.0994. The van der Waals surface area contributed by atoms with Crippen molar-refractivity contribution in [3.05, 3.63) is 65.5 Å². The van der Waals surface area contributed by atoms with E-state index in [1.165, 1.54) is 23.9 Å². The highest BCUT2D eigenvalue weighted by molar-refractivity contribution is 8.00. The number of halogens is 1. The second-order valence-corrected chi connectivity index (χ2v) is 8.50. The van der Waals surface area contributed by atoms with Crippen LogP contribution in [0.1, 0.15) is 22.8 Å². The number of benzene rings is 2. The zero-order valence-corrected chi connectivity index (χ0v) is 17.7. The zero-order valence-electron chi connectivity index (χ0n) is 16.9. The van der Waals surface area contributed by atoms with Crippen LogP contribution in [-0.2, 0) is 4.74 Å². The molecule has 0 radical (unpaired) electrons. The van der Waals surface area contributed by atoms with Gasteiger partial charge in [0.2, 0.25) is 5.95 Å². The van der Waals surface area contributed by atoms with Gasteiger partial charge in [-0.1, -0.05) is 47.7 Å². The van der Waals surface area contributed by atoms with E-state index in [-0.39, 0.29) is 16.9 Å². The molecule has 1 fully saturated rings. The first kappa shape index (κ1) is 20.6. The van der Waals surface area contributed by atoms with Crippen molar-refractivity contribution in [1.29, 1.82) is 0 Å². The van der Waals surface area contributed by atoms with Gasteiger partial charge in [0.25, 0.3) is 0 Å². The van der Waals surface area contributed by atoms with Gasteiger partial charge >= 0.3 is 0 Å². The Bertz CT molecular complexity index is 1030. The molecular weight excluding hydrogens is 403 g/mol. The molecule has 0 aliphatic carbocycles. The number of rotatable bonds is 6. The number of aryl methyl sites for hydroxylation is 1. The Morgan fingerprint density at radius 3 is 2.57 bits per heavy atom. The molecule has 1 aromatic heterocycles. The van der Waals surface area contributed by atoms with E-state index < -0.39 is 0 Å². The number of carbonyl (C=O) groups is 1. The van der Waals surface area contributed by atoms with Crippen LogP contribution in [0.2, 0.25) is 0 Å². The van der Waals surface area contributed by atoms with Crippen molar-refractivity contribution in [2.45, 2.75) is 24.3 Å². The predicted octanol–water partition coefficient (Wildman–Crippen LogP) is 3.91. The zero-order chi connectivity index (χ0) is 21.1. The summed E-state index contributed by atoms with van der Waals surface area (Å²) >= 11 is 1.32. The average molecular weight is 427 g/mol. The molecule has 1 aliphatic rings. The van der Waals surface area contributed by atoms with Gasteiger partial charge in [-0.2, -0.15) is 0 Å². The number of morpholine rings is 1. The Balaban J connectivity index is 1.66. The van der Waals surface area contributed by atoms with Crippen molar-refractivity contribution in [1.82, 2.24) is 14.8 Å². The third-order valence-corrected chi connectivity index (χ3v) is 6.01. The van der Waals surface area contributed by atoms with Gasteiger partial charge in [0, 0.05) is 18.7 Å². The van der Waals surface area contributed by atoms with E-state index in [0.717, 1.165) is 5.56 Å². The molecule has 1 unspecified atom stereocenters. The van der Waals surface area contributed by atoms with Crippen molar-refractivity contribution in [2.75, 3.05) is 31.2 Å². The maximum absolute atomic E-state index is 14.0. The van der Waals surface area contributed by atoms with Gasteiger partial charge in [0.15, 0.2) is 10.9 Å². The second kappa shape index (κ2) is 8.97. The summed E-state index contributed by atoms with van der Waals surface area (Å²) in [6, 6.07) is 13.8. The fourth-order valence-corrected chi connectivity index (χ4v) is 4.25. The van der Waals surface area contributed by atoms with E-state index in [0.29, 0.717) is 48.7 Å². The molecule has 4 rings (SSSR count). The predicted molar refractivity (Wildman–Crippen MR) is 115 cm³/mol. The molecule has 2 heterocycles. The molecule has 8 heteroatoms. The van der Waals surface area contributed by atoms with Crippen LogP contribution in [-0.4, -0.2) is 52.1 Å². The Labute approximate surface area is 179 Å². The highest BCUT2D eigenvalue weighted by atomic mass is 32.2. The molecule has 3 aromatic rings. The number of ketones is 1. The van der Waals surface area contributed by atoms with Crippen molar-refractivity contribution in [3.63, 3.8) is 0 Å². The van der Waals surface area contributed by atoms with E-state index in [4.69, 9.17) is 4.74 Å². The molecule has 0 bridgehead atoms. The highest BCUT2D eigenvalue weighted by Crippen LogP contribution is 2.31. The summed E-state index contributed by atoms with van der Waals surface area (Å²) in [7, 11) is 0.